The van der Waals surface area contributed by atoms with Crippen molar-refractivity contribution < 1.29 is 13.5 Å². The van der Waals surface area contributed by atoms with Gasteiger partial charge in [0.15, 0.2) is 0 Å². The molecular weight excluding hydrogens is 212 g/mol. The van der Waals surface area contributed by atoms with Crippen LogP contribution in [-0.2, 0) is 5.92 Å². The number of methoxy groups -OCH3 is 1. The highest BCUT2D eigenvalue weighted by atomic mass is 19.3. The van der Waals surface area contributed by atoms with Gasteiger partial charge >= 0.3 is 0 Å². The van der Waals surface area contributed by atoms with Gasteiger partial charge in [-0.05, 0) is 26.0 Å². The Bertz CT molecular complexity index is 358. The highest BCUT2D eigenvalue weighted by molar-refractivity contribution is 5.36. The van der Waals surface area contributed by atoms with Gasteiger partial charge in [-0.15, -0.1) is 0 Å². The fourth-order valence-electron chi connectivity index (χ4n) is 1.61. The maximum absolute atomic E-state index is 13.9. The molecule has 0 radical (unpaired) electrons. The highest BCUT2D eigenvalue weighted by Crippen LogP contribution is 2.39. The van der Waals surface area contributed by atoms with Gasteiger partial charge in [-0.25, -0.2) is 8.78 Å². The van der Waals surface area contributed by atoms with E-state index in [-0.39, 0.29) is 11.3 Å². The normalized spacial score (nSPS) is 12.6. The lowest BCUT2D eigenvalue weighted by molar-refractivity contribution is -0.0313. The molecule has 0 aliphatic heterocycles. The van der Waals surface area contributed by atoms with Crippen molar-refractivity contribution in [2.45, 2.75) is 31.7 Å². The molecule has 4 heteroatoms. The van der Waals surface area contributed by atoms with Gasteiger partial charge in [0.05, 0.1) is 12.7 Å². The van der Waals surface area contributed by atoms with E-state index in [1.807, 2.05) is 0 Å². The molecule has 0 unspecified atom stereocenters. The van der Waals surface area contributed by atoms with E-state index in [2.05, 4.69) is 0 Å². The third-order valence-corrected chi connectivity index (χ3v) is 2.18. The molecule has 1 aromatic carbocycles. The number of rotatable bonds is 4. The van der Waals surface area contributed by atoms with Gasteiger partial charge in [-0.1, -0.05) is 12.1 Å². The van der Waals surface area contributed by atoms with Crippen LogP contribution in [0.5, 0.6) is 5.75 Å². The van der Waals surface area contributed by atoms with Crippen LogP contribution in [0.15, 0.2) is 24.3 Å². The van der Waals surface area contributed by atoms with Gasteiger partial charge in [0, 0.05) is 12.0 Å². The van der Waals surface area contributed by atoms with Crippen molar-refractivity contribution in [3.8, 4) is 5.75 Å². The summed E-state index contributed by atoms with van der Waals surface area (Å²) in [7, 11) is 1.38. The number of ether oxygens (including phenoxy) is 1. The second-order valence-corrected chi connectivity index (χ2v) is 4.57. The molecule has 0 aliphatic carbocycles. The van der Waals surface area contributed by atoms with E-state index in [1.165, 1.54) is 19.2 Å². The number of nitrogens with two attached hydrogens (primary N) is 1. The van der Waals surface area contributed by atoms with Gasteiger partial charge in [0.1, 0.15) is 5.75 Å². The van der Waals surface area contributed by atoms with Crippen LogP contribution in [0.25, 0.3) is 0 Å². The fourth-order valence-corrected chi connectivity index (χ4v) is 1.61. The van der Waals surface area contributed by atoms with Crippen molar-refractivity contribution in [1.29, 1.82) is 0 Å². The summed E-state index contributed by atoms with van der Waals surface area (Å²) in [5.41, 5.74) is 4.59. The van der Waals surface area contributed by atoms with Crippen LogP contribution in [0.1, 0.15) is 25.8 Å². The first kappa shape index (κ1) is 12.9. The maximum Gasteiger partial charge on any atom is 0.278 e. The van der Waals surface area contributed by atoms with Crippen LogP contribution in [-0.4, -0.2) is 12.6 Å². The van der Waals surface area contributed by atoms with E-state index >= 15 is 0 Å². The Kier molecular flexibility index (Phi) is 3.53. The van der Waals surface area contributed by atoms with Crippen molar-refractivity contribution in [1.82, 2.24) is 0 Å². The van der Waals surface area contributed by atoms with Gasteiger partial charge in [-0.2, -0.15) is 0 Å². The van der Waals surface area contributed by atoms with E-state index < -0.39 is 17.9 Å². The van der Waals surface area contributed by atoms with E-state index in [9.17, 15) is 8.78 Å². The van der Waals surface area contributed by atoms with E-state index in [0.717, 1.165) is 0 Å². The molecule has 0 saturated heterocycles. The third kappa shape index (κ3) is 3.17. The standard InChI is InChI=1S/C12H17F2NO/c1-11(2,15)8-12(13,14)9-6-4-5-7-10(9)16-3/h4-7H,8,15H2,1-3H3. The molecule has 0 heterocycles. The first-order valence-electron chi connectivity index (χ1n) is 5.06. The summed E-state index contributed by atoms with van der Waals surface area (Å²) in [6.07, 6.45) is -0.416. The van der Waals surface area contributed by atoms with Gasteiger partial charge < -0.3 is 10.5 Å². The second kappa shape index (κ2) is 4.37. The summed E-state index contributed by atoms with van der Waals surface area (Å²) in [5.74, 6) is -2.79. The zero-order chi connectivity index (χ0) is 12.4. The van der Waals surface area contributed by atoms with E-state index in [1.54, 1.807) is 26.0 Å². The highest BCUT2D eigenvalue weighted by Gasteiger charge is 2.38. The Hall–Kier alpha value is -1.16. The van der Waals surface area contributed by atoms with Crippen molar-refractivity contribution >= 4 is 0 Å². The Balaban J connectivity index is 3.06. The second-order valence-electron chi connectivity index (χ2n) is 4.57. The Morgan fingerprint density at radius 3 is 2.31 bits per heavy atom. The minimum atomic E-state index is -2.98. The third-order valence-electron chi connectivity index (χ3n) is 2.18. The molecule has 0 saturated carbocycles. The van der Waals surface area contributed by atoms with Crippen LogP contribution < -0.4 is 10.5 Å². The predicted octanol–water partition coefficient (Wildman–Crippen LogP) is 2.91. The summed E-state index contributed by atoms with van der Waals surface area (Å²) in [4.78, 5) is 0. The fraction of sp³-hybridized carbons (Fsp3) is 0.500. The Labute approximate surface area is 94.4 Å². The first-order valence-corrected chi connectivity index (χ1v) is 5.06. The average Bonchev–Trinajstić information content (AvgIpc) is 2.14. The van der Waals surface area contributed by atoms with Crippen LogP contribution in [0.3, 0.4) is 0 Å². The van der Waals surface area contributed by atoms with Crippen LogP contribution >= 0.6 is 0 Å². The van der Waals surface area contributed by atoms with Crippen molar-refractivity contribution in [3.63, 3.8) is 0 Å². The minimum absolute atomic E-state index is 0.115. The van der Waals surface area contributed by atoms with Crippen molar-refractivity contribution in [2.75, 3.05) is 7.11 Å². The number of hydrogen-bond acceptors (Lipinski definition) is 2. The molecule has 0 fully saturated rings. The van der Waals surface area contributed by atoms with Crippen molar-refractivity contribution in [3.05, 3.63) is 29.8 Å². The smallest absolute Gasteiger partial charge is 0.278 e. The summed E-state index contributed by atoms with van der Waals surface area (Å²) in [6.45, 7) is 3.16. The average molecular weight is 229 g/mol. The number of benzene rings is 1. The summed E-state index contributed by atoms with van der Waals surface area (Å²) in [5, 5.41) is 0. The SMILES string of the molecule is COc1ccccc1C(F)(F)CC(C)(C)N. The molecule has 90 valence electrons. The van der Waals surface area contributed by atoms with E-state index in [4.69, 9.17) is 10.5 Å². The Morgan fingerprint density at radius 2 is 1.81 bits per heavy atom. The molecule has 2 nitrogen and oxygen atoms in total. The van der Waals surface area contributed by atoms with E-state index in [0.29, 0.717) is 0 Å². The lowest BCUT2D eigenvalue weighted by Gasteiger charge is -2.26. The monoisotopic (exact) mass is 229 g/mol. The molecule has 0 bridgehead atoms. The molecule has 0 aliphatic rings. The molecular formula is C12H17F2NO. The minimum Gasteiger partial charge on any atom is -0.496 e. The number of hydrogen-bond donors (Lipinski definition) is 1. The largest absolute Gasteiger partial charge is 0.496 e. The quantitative estimate of drug-likeness (QED) is 0.861. The number of halogens is 2. The zero-order valence-electron chi connectivity index (χ0n) is 9.76. The molecule has 2 N–H and O–H groups in total. The summed E-state index contributed by atoms with van der Waals surface area (Å²) >= 11 is 0. The molecule has 16 heavy (non-hydrogen) atoms. The lowest BCUT2D eigenvalue weighted by Crippen LogP contribution is -2.38. The maximum atomic E-state index is 13.9. The molecule has 0 aromatic heterocycles. The van der Waals surface area contributed by atoms with Crippen molar-refractivity contribution in [2.24, 2.45) is 5.73 Å². The van der Waals surface area contributed by atoms with Gasteiger partial charge in [0.25, 0.3) is 5.92 Å². The summed E-state index contributed by atoms with van der Waals surface area (Å²) in [6, 6.07) is 6.11. The van der Waals surface area contributed by atoms with Gasteiger partial charge in [0.2, 0.25) is 0 Å². The molecule has 0 amide bonds. The Morgan fingerprint density at radius 1 is 1.25 bits per heavy atom. The molecule has 1 rings (SSSR count). The number of alkyl halides is 2. The summed E-state index contributed by atoms with van der Waals surface area (Å²) < 4.78 is 32.8. The molecule has 1 aromatic rings. The molecule has 0 atom stereocenters. The van der Waals surface area contributed by atoms with Crippen LogP contribution in [0.2, 0.25) is 0 Å². The number of para-hydroxylation sites is 1. The lowest BCUT2D eigenvalue weighted by atomic mass is 9.93. The van der Waals surface area contributed by atoms with Gasteiger partial charge in [-0.3, -0.25) is 0 Å². The topological polar surface area (TPSA) is 35.2 Å². The molecule has 0 spiro atoms. The van der Waals surface area contributed by atoms with Crippen LogP contribution in [0, 0.1) is 0 Å². The zero-order valence-corrected chi connectivity index (χ0v) is 9.76. The predicted molar refractivity (Wildman–Crippen MR) is 59.8 cm³/mol. The van der Waals surface area contributed by atoms with Crippen LogP contribution in [0.4, 0.5) is 8.78 Å². The first-order chi connectivity index (χ1) is 7.26.